The van der Waals surface area contributed by atoms with Gasteiger partial charge in [-0.1, -0.05) is 0 Å². The summed E-state index contributed by atoms with van der Waals surface area (Å²) in [5.41, 5.74) is 0. The van der Waals surface area contributed by atoms with Crippen molar-refractivity contribution >= 4 is 16.8 Å². The van der Waals surface area contributed by atoms with Gasteiger partial charge in [0, 0.05) is 4.92 Å². The molecule has 0 fully saturated rings. The van der Waals surface area contributed by atoms with E-state index in [2.05, 4.69) is 4.42 Å². The van der Waals surface area contributed by atoms with E-state index in [0.717, 1.165) is 6.26 Å². The summed E-state index contributed by atoms with van der Waals surface area (Å²) in [6.07, 6.45) is 1.16. The molecule has 2 unspecified atom stereocenters. The van der Waals surface area contributed by atoms with Crippen molar-refractivity contribution in [2.75, 3.05) is 0 Å². The summed E-state index contributed by atoms with van der Waals surface area (Å²) >= 11 is 0. The zero-order valence-electron chi connectivity index (χ0n) is 6.65. The third-order valence-electron chi connectivity index (χ3n) is 1.30. The Kier molecular flexibility index (Phi) is 2.97. The molecule has 1 N–H and O–H groups in total. The highest BCUT2D eigenvalue weighted by Crippen LogP contribution is 2.12. The summed E-state index contributed by atoms with van der Waals surface area (Å²) in [6.45, 7) is 0. The zero-order chi connectivity index (χ0) is 10.7. The van der Waals surface area contributed by atoms with Gasteiger partial charge in [-0.25, -0.2) is 9.00 Å². The first kappa shape index (κ1) is 10.4. The van der Waals surface area contributed by atoms with E-state index in [0.29, 0.717) is 0 Å². The normalized spacial score (nSPS) is 14.6. The van der Waals surface area contributed by atoms with E-state index in [1.807, 2.05) is 0 Å². The van der Waals surface area contributed by atoms with E-state index in [1.165, 1.54) is 12.1 Å². The number of nitrogens with zero attached hydrogens (tertiary/aromatic N) is 1. The van der Waals surface area contributed by atoms with Gasteiger partial charge in [-0.15, -0.1) is 0 Å². The Labute approximate surface area is 79.9 Å². The second-order valence-corrected chi connectivity index (χ2v) is 3.65. The number of nitro groups is 1. The molecule has 0 radical (unpaired) electrons. The molecule has 0 aliphatic carbocycles. The van der Waals surface area contributed by atoms with E-state index in [4.69, 9.17) is 5.11 Å². The number of carbonyl (C=O) groups is 1. The fraction of sp³-hybridized carbons (Fsp3) is 0.167. The largest absolute Gasteiger partial charge is 0.475 e. The molecule has 14 heavy (non-hydrogen) atoms. The van der Waals surface area contributed by atoms with Crippen LogP contribution in [0.3, 0.4) is 0 Å². The summed E-state index contributed by atoms with van der Waals surface area (Å²) < 4.78 is 15.9. The number of carboxylic acids is 1. The lowest BCUT2D eigenvalue weighted by atomic mass is 10.7. The summed E-state index contributed by atoms with van der Waals surface area (Å²) in [6, 6.07) is 2.58. The molecule has 0 aromatic carbocycles. The first-order valence-electron chi connectivity index (χ1n) is 3.34. The van der Waals surface area contributed by atoms with Crippen LogP contribution in [0.25, 0.3) is 0 Å². The SMILES string of the molecule is O=C(O)C([N+](=O)[O-])S(=O)c1ccco1. The van der Waals surface area contributed by atoms with Gasteiger partial charge in [-0.2, -0.15) is 0 Å². The van der Waals surface area contributed by atoms with Gasteiger partial charge in [0.15, 0.2) is 15.9 Å². The molecule has 1 heterocycles. The van der Waals surface area contributed by atoms with Crippen molar-refractivity contribution in [1.82, 2.24) is 0 Å². The predicted molar refractivity (Wildman–Crippen MR) is 43.5 cm³/mol. The number of carboxylic acid groups (broad SMARTS) is 1. The third-order valence-corrected chi connectivity index (χ3v) is 2.71. The maximum absolute atomic E-state index is 11.3. The minimum Gasteiger partial charge on any atom is -0.475 e. The van der Waals surface area contributed by atoms with E-state index in [1.54, 1.807) is 0 Å². The lowest BCUT2D eigenvalue weighted by Crippen LogP contribution is -2.33. The molecule has 1 rings (SSSR count). The average molecular weight is 219 g/mol. The van der Waals surface area contributed by atoms with Gasteiger partial charge in [0.25, 0.3) is 0 Å². The maximum atomic E-state index is 11.3. The van der Waals surface area contributed by atoms with Crippen LogP contribution in [0.15, 0.2) is 27.9 Å². The van der Waals surface area contributed by atoms with Gasteiger partial charge >= 0.3 is 11.3 Å². The first-order valence-corrected chi connectivity index (χ1v) is 4.55. The zero-order valence-corrected chi connectivity index (χ0v) is 7.47. The highest BCUT2D eigenvalue weighted by Gasteiger charge is 2.38. The quantitative estimate of drug-likeness (QED) is 0.566. The van der Waals surface area contributed by atoms with E-state index in [9.17, 15) is 19.1 Å². The van der Waals surface area contributed by atoms with Gasteiger partial charge in [-0.3, -0.25) is 10.1 Å². The molecular formula is C6H5NO6S. The van der Waals surface area contributed by atoms with Crippen molar-refractivity contribution in [3.8, 4) is 0 Å². The van der Waals surface area contributed by atoms with Crippen molar-refractivity contribution in [3.05, 3.63) is 28.5 Å². The van der Waals surface area contributed by atoms with Crippen LogP contribution in [0.2, 0.25) is 0 Å². The van der Waals surface area contributed by atoms with Gasteiger partial charge in [0.1, 0.15) is 0 Å². The highest BCUT2D eigenvalue weighted by molar-refractivity contribution is 7.86. The van der Waals surface area contributed by atoms with Crippen LogP contribution in [0.4, 0.5) is 0 Å². The molecule has 0 spiro atoms. The van der Waals surface area contributed by atoms with Crippen molar-refractivity contribution in [3.63, 3.8) is 0 Å². The predicted octanol–water partition coefficient (Wildman–Crippen LogP) is 0.0746. The average Bonchev–Trinajstić information content (AvgIpc) is 2.53. The molecule has 7 nitrogen and oxygen atoms in total. The summed E-state index contributed by atoms with van der Waals surface area (Å²) in [7, 11) is -2.32. The molecule has 1 aromatic heterocycles. The second kappa shape index (κ2) is 4.01. The van der Waals surface area contributed by atoms with E-state index < -0.39 is 27.1 Å². The molecule has 8 heteroatoms. The molecule has 0 aliphatic heterocycles. The van der Waals surface area contributed by atoms with Crippen LogP contribution >= 0.6 is 0 Å². The van der Waals surface area contributed by atoms with Crippen LogP contribution in [0.1, 0.15) is 0 Å². The molecule has 2 atom stereocenters. The standard InChI is InChI=1S/C6H5NO6S/c8-6(9)5(7(10)11)14(12)4-2-1-3-13-4/h1-3,5H,(H,8,9). The first-order chi connectivity index (χ1) is 6.54. The van der Waals surface area contributed by atoms with Gasteiger partial charge in [0.05, 0.1) is 6.26 Å². The molecular weight excluding hydrogens is 214 g/mol. The molecule has 0 saturated heterocycles. The monoisotopic (exact) mass is 219 g/mol. The summed E-state index contributed by atoms with van der Waals surface area (Å²) in [5, 5.41) is 16.3. The van der Waals surface area contributed by atoms with E-state index in [-0.39, 0.29) is 5.09 Å². The van der Waals surface area contributed by atoms with Crippen LogP contribution < -0.4 is 0 Å². The van der Waals surface area contributed by atoms with E-state index >= 15 is 0 Å². The minimum atomic E-state index is -2.32. The van der Waals surface area contributed by atoms with Crippen LogP contribution in [-0.4, -0.2) is 25.6 Å². The number of hydrogen-bond donors (Lipinski definition) is 1. The Morgan fingerprint density at radius 3 is 2.71 bits per heavy atom. The fourth-order valence-electron chi connectivity index (χ4n) is 0.748. The fourth-order valence-corrected chi connectivity index (χ4v) is 1.67. The van der Waals surface area contributed by atoms with Crippen LogP contribution in [0, 0.1) is 10.1 Å². The molecule has 0 saturated carbocycles. The lowest BCUT2D eigenvalue weighted by molar-refractivity contribution is -0.485. The summed E-state index contributed by atoms with van der Waals surface area (Å²) in [5.74, 6) is -1.76. The smallest absolute Gasteiger partial charge is 0.393 e. The highest BCUT2D eigenvalue weighted by atomic mass is 32.2. The molecule has 1 aromatic rings. The molecule has 76 valence electrons. The third kappa shape index (κ3) is 1.96. The number of furan rings is 1. The number of aliphatic carboxylic acids is 1. The van der Waals surface area contributed by atoms with Crippen molar-refractivity contribution < 1.29 is 23.5 Å². The van der Waals surface area contributed by atoms with Crippen molar-refractivity contribution in [2.45, 2.75) is 10.5 Å². The molecule has 0 amide bonds. The van der Waals surface area contributed by atoms with Crippen LogP contribution in [-0.2, 0) is 15.6 Å². The number of rotatable bonds is 4. The molecule has 0 aliphatic rings. The van der Waals surface area contributed by atoms with Gasteiger partial charge in [0.2, 0.25) is 0 Å². The Hall–Kier alpha value is -1.70. The Morgan fingerprint density at radius 2 is 2.36 bits per heavy atom. The van der Waals surface area contributed by atoms with Gasteiger partial charge < -0.3 is 9.52 Å². The molecule has 0 bridgehead atoms. The lowest BCUT2D eigenvalue weighted by Gasteiger charge is -2.01. The Balaban J connectivity index is 2.97. The second-order valence-electron chi connectivity index (χ2n) is 2.21. The number of hydrogen-bond acceptors (Lipinski definition) is 5. The Morgan fingerprint density at radius 1 is 1.71 bits per heavy atom. The van der Waals surface area contributed by atoms with Crippen LogP contribution in [0.5, 0.6) is 0 Å². The van der Waals surface area contributed by atoms with Crippen molar-refractivity contribution in [2.24, 2.45) is 0 Å². The van der Waals surface area contributed by atoms with Gasteiger partial charge in [-0.05, 0) is 12.1 Å². The Bertz CT molecular complexity index is 358. The summed E-state index contributed by atoms with van der Waals surface area (Å²) in [4.78, 5) is 19.5. The van der Waals surface area contributed by atoms with Crippen molar-refractivity contribution in [1.29, 1.82) is 0 Å². The maximum Gasteiger partial charge on any atom is 0.393 e. The topological polar surface area (TPSA) is 111 Å². The minimum absolute atomic E-state index is 0.228.